The summed E-state index contributed by atoms with van der Waals surface area (Å²) in [7, 11) is -4.97. The second-order valence-corrected chi connectivity index (χ2v) is 13.0. The van der Waals surface area contributed by atoms with Crippen LogP contribution in [0.5, 0.6) is 0 Å². The van der Waals surface area contributed by atoms with Crippen LogP contribution in [-0.2, 0) is 18.3 Å². The molecule has 2 rings (SSSR count). The number of H-pyrrole nitrogens is 1. The number of phosphoric acid groups is 1. The monoisotopic (exact) mass is 623 g/mol. The van der Waals surface area contributed by atoms with Gasteiger partial charge in [-0.15, -0.1) is 0 Å². The van der Waals surface area contributed by atoms with Gasteiger partial charge in [-0.05, 0) is 25.6 Å². The van der Waals surface area contributed by atoms with Crippen molar-refractivity contribution in [2.24, 2.45) is 5.73 Å². The Morgan fingerprint density at radius 3 is 2.20 bits per heavy atom. The Kier molecular flexibility index (Phi) is 15.0. The molecule has 0 amide bonds. The summed E-state index contributed by atoms with van der Waals surface area (Å²) in [6, 6.07) is 0.561. The molecular formula is C28H52N3O8PS. The smallest absolute Gasteiger partial charge is 0.387 e. The second kappa shape index (κ2) is 18.7. The van der Waals surface area contributed by atoms with Gasteiger partial charge >= 0.3 is 7.82 Å². The van der Waals surface area contributed by atoms with Crippen molar-refractivity contribution in [1.29, 1.82) is 0 Å². The molecule has 2 heterocycles. The number of aromatic amines is 1. The van der Waals surface area contributed by atoms with E-state index in [0.717, 1.165) is 29.9 Å². The summed E-state index contributed by atoms with van der Waals surface area (Å²) in [5, 5.41) is 21.5. The van der Waals surface area contributed by atoms with Crippen molar-refractivity contribution in [2.75, 3.05) is 13.2 Å². The average molecular weight is 624 g/mol. The Labute approximate surface area is 252 Å². The third kappa shape index (κ3) is 13.1. The Morgan fingerprint density at radius 2 is 1.66 bits per heavy atom. The summed E-state index contributed by atoms with van der Waals surface area (Å²) >= 11 is 5.08. The lowest BCUT2D eigenvalue weighted by Gasteiger charge is -2.27. The van der Waals surface area contributed by atoms with Crippen molar-refractivity contribution in [1.82, 2.24) is 9.55 Å². The van der Waals surface area contributed by atoms with Gasteiger partial charge in [0.2, 0.25) is 0 Å². The highest BCUT2D eigenvalue weighted by Crippen LogP contribution is 2.45. The molecule has 0 aliphatic carbocycles. The number of aliphatic hydroxyl groups excluding tert-OH is 1. The summed E-state index contributed by atoms with van der Waals surface area (Å²) in [5.41, 5.74) is 3.43. The molecule has 1 aromatic rings. The zero-order valence-electron chi connectivity index (χ0n) is 26.5. The third-order valence-corrected chi connectivity index (χ3v) is 8.55. The molecule has 11 nitrogen and oxygen atoms in total. The number of phosphoric ester groups is 1. The molecule has 13 heteroatoms. The Hall–Kier alpha value is -0.950. The molecule has 1 aliphatic rings. The number of aliphatic hydroxyl groups is 2. The minimum Gasteiger partial charge on any atom is -0.387 e. The maximum Gasteiger partial charge on any atom is 0.472 e. The lowest BCUT2D eigenvalue weighted by Crippen LogP contribution is -2.44. The van der Waals surface area contributed by atoms with E-state index in [1.807, 2.05) is 0 Å². The number of hydrogen-bond donors (Lipinski definition) is 5. The van der Waals surface area contributed by atoms with E-state index in [0.29, 0.717) is 6.42 Å². The molecule has 1 aliphatic heterocycles. The predicted molar refractivity (Wildman–Crippen MR) is 161 cm³/mol. The largest absolute Gasteiger partial charge is 0.472 e. The molecule has 0 radical (unpaired) electrons. The summed E-state index contributed by atoms with van der Waals surface area (Å²) < 4.78 is 45.2. The Balaban J connectivity index is 1.68. The maximum atomic E-state index is 12.6. The number of nitrogens with two attached hydrogens (primary N) is 1. The van der Waals surface area contributed by atoms with E-state index in [-0.39, 0.29) is 11.4 Å². The van der Waals surface area contributed by atoms with E-state index in [4.69, 9.17) is 34.5 Å². The van der Waals surface area contributed by atoms with Gasteiger partial charge in [0.1, 0.15) is 17.8 Å². The van der Waals surface area contributed by atoms with Crippen molar-refractivity contribution in [3.8, 4) is 0 Å². The highest BCUT2D eigenvalue weighted by molar-refractivity contribution is 7.71. The first-order chi connectivity index (χ1) is 20.2. The summed E-state index contributed by atoms with van der Waals surface area (Å²) in [4.78, 5) is 24.0. The van der Waals surface area contributed by atoms with Crippen LogP contribution in [0.25, 0.3) is 0 Å². The van der Waals surface area contributed by atoms with Crippen LogP contribution in [0.3, 0.4) is 0 Å². The highest BCUT2D eigenvalue weighted by atomic mass is 32.1. The van der Waals surface area contributed by atoms with Gasteiger partial charge in [0.15, 0.2) is 11.0 Å². The number of hydrogen-bond acceptors (Lipinski definition) is 9. The number of rotatable bonds is 22. The van der Waals surface area contributed by atoms with Crippen LogP contribution in [0.4, 0.5) is 0 Å². The zero-order valence-corrected chi connectivity index (χ0v) is 26.3. The first-order valence-electron chi connectivity index (χ1n) is 16.0. The van der Waals surface area contributed by atoms with Crippen LogP contribution in [0, 0.1) is 4.77 Å². The first kappa shape index (κ1) is 33.0. The number of nitrogens with one attached hydrogen (secondary N) is 1. The predicted octanol–water partition coefficient (Wildman–Crippen LogP) is 5.25. The van der Waals surface area contributed by atoms with E-state index in [2.05, 4.69) is 11.9 Å². The van der Waals surface area contributed by atoms with E-state index < -0.39 is 50.0 Å². The molecular weight excluding hydrogens is 569 g/mol. The quantitative estimate of drug-likeness (QED) is 0.0653. The lowest BCUT2D eigenvalue weighted by atomic mass is 9.96. The molecule has 238 valence electrons. The SMILES string of the molecule is [2H]C([2H])(OP(=O)(O)OC[C@H](N)CCCCCCCCCCCCCCCC)[C@H]1O[C@@H](n2ccc(=O)[nH]c2=S)C(C)(O)[C@H]1O. The summed E-state index contributed by atoms with van der Waals surface area (Å²) in [5.74, 6) is 0. The lowest BCUT2D eigenvalue weighted by molar-refractivity contribution is -0.0978. The standard InChI is InChI=1S/C28H52N3O8PS/c1-3-4-5-6-7-8-9-10-11-12-13-14-15-16-17-22(29)20-37-40(35,36)38-21-23-25(33)28(2,34)26(39-23)31-19-18-24(32)30-27(31)41/h18-19,22-23,25-26,33-34H,3-17,20-21,29H2,1-2H3,(H,35,36)(H,30,32,41)/t22-,23-,25+,26-,28?/m1/s1/i21D2. The second-order valence-electron chi connectivity index (χ2n) is 11.2. The van der Waals surface area contributed by atoms with Crippen molar-refractivity contribution < 1.29 is 36.2 Å². The fraction of sp³-hybridized carbons (Fsp3) is 0.857. The van der Waals surface area contributed by atoms with Crippen molar-refractivity contribution in [3.63, 3.8) is 0 Å². The van der Waals surface area contributed by atoms with Gasteiger partial charge in [0, 0.05) is 18.3 Å². The van der Waals surface area contributed by atoms with Crippen molar-refractivity contribution in [3.05, 3.63) is 27.4 Å². The van der Waals surface area contributed by atoms with Gasteiger partial charge in [-0.2, -0.15) is 0 Å². The van der Waals surface area contributed by atoms with Crippen LogP contribution in [0.15, 0.2) is 17.1 Å². The number of aromatic nitrogens is 2. The van der Waals surface area contributed by atoms with Gasteiger partial charge < -0.3 is 25.6 Å². The Bertz CT molecular complexity index is 1120. The summed E-state index contributed by atoms with van der Waals surface area (Å²) in [6.07, 6.45) is 13.8. The molecule has 1 fully saturated rings. The normalized spacial score (nSPS) is 26.0. The van der Waals surface area contributed by atoms with Gasteiger partial charge in [-0.1, -0.05) is 96.8 Å². The minimum atomic E-state index is -4.97. The number of ether oxygens (including phenoxy) is 1. The third-order valence-electron chi connectivity index (χ3n) is 7.43. The topological polar surface area (TPSA) is 169 Å². The van der Waals surface area contributed by atoms with E-state index in [1.54, 1.807) is 0 Å². The first-order valence-corrected chi connectivity index (χ1v) is 16.9. The van der Waals surface area contributed by atoms with Crippen LogP contribution in [0.1, 0.15) is 119 Å². The number of unbranched alkanes of at least 4 members (excludes halogenated alkanes) is 13. The molecule has 1 aromatic heterocycles. The Morgan fingerprint density at radius 1 is 1.12 bits per heavy atom. The van der Waals surface area contributed by atoms with E-state index in [1.165, 1.54) is 83.7 Å². The highest BCUT2D eigenvalue weighted by Gasteiger charge is 2.53. The van der Waals surface area contributed by atoms with Crippen molar-refractivity contribution in [2.45, 2.75) is 140 Å². The van der Waals surface area contributed by atoms with Crippen LogP contribution >= 0.6 is 20.0 Å². The molecule has 0 bridgehead atoms. The van der Waals surface area contributed by atoms with Crippen LogP contribution in [-0.4, -0.2) is 61.7 Å². The molecule has 0 spiro atoms. The molecule has 6 atom stereocenters. The minimum absolute atomic E-state index is 0.143. The fourth-order valence-corrected chi connectivity index (χ4v) is 5.80. The molecule has 0 saturated carbocycles. The van der Waals surface area contributed by atoms with Crippen LogP contribution < -0.4 is 11.3 Å². The molecule has 0 aromatic carbocycles. The van der Waals surface area contributed by atoms with Gasteiger partial charge in [-0.25, -0.2) is 4.57 Å². The number of nitrogens with zero attached hydrogens (tertiary/aromatic N) is 1. The average Bonchev–Trinajstić information content (AvgIpc) is 3.16. The van der Waals surface area contributed by atoms with E-state index in [9.17, 15) is 24.5 Å². The maximum absolute atomic E-state index is 12.6. The van der Waals surface area contributed by atoms with Gasteiger partial charge in [0.05, 0.1) is 15.9 Å². The molecule has 2 unspecified atom stereocenters. The molecule has 6 N–H and O–H groups in total. The molecule has 41 heavy (non-hydrogen) atoms. The zero-order chi connectivity index (χ0) is 32.1. The molecule has 1 saturated heterocycles. The fourth-order valence-electron chi connectivity index (χ4n) is 4.87. The van der Waals surface area contributed by atoms with Gasteiger partial charge in [-0.3, -0.25) is 23.4 Å². The van der Waals surface area contributed by atoms with Crippen molar-refractivity contribution >= 4 is 20.0 Å². The summed E-state index contributed by atoms with van der Waals surface area (Å²) in [6.45, 7) is 0.0205. The van der Waals surface area contributed by atoms with Gasteiger partial charge in [0.25, 0.3) is 5.56 Å². The van der Waals surface area contributed by atoms with E-state index >= 15 is 0 Å². The van der Waals surface area contributed by atoms with Crippen LogP contribution in [0.2, 0.25) is 0 Å².